The van der Waals surface area contributed by atoms with Crippen molar-refractivity contribution in [3.8, 4) is 23.0 Å². The van der Waals surface area contributed by atoms with Gasteiger partial charge in [0.1, 0.15) is 11.5 Å². The Hall–Kier alpha value is -3.88. The Morgan fingerprint density at radius 3 is 2.46 bits per heavy atom. The summed E-state index contributed by atoms with van der Waals surface area (Å²) in [5, 5.41) is 7.14. The molecule has 2 N–H and O–H groups in total. The first-order valence-electron chi connectivity index (χ1n) is 11.6. The molecule has 0 spiro atoms. The quantitative estimate of drug-likeness (QED) is 0.269. The van der Waals surface area contributed by atoms with Crippen LogP contribution in [0.4, 0.5) is 5.69 Å². The number of methoxy groups -OCH3 is 2. The van der Waals surface area contributed by atoms with Gasteiger partial charge in [0.05, 0.1) is 24.8 Å². The largest absolute Gasteiger partial charge is 0.493 e. The second-order valence-corrected chi connectivity index (χ2v) is 9.40. The predicted octanol–water partition coefficient (Wildman–Crippen LogP) is 6.31. The average Bonchev–Trinajstić information content (AvgIpc) is 3.71. The van der Waals surface area contributed by atoms with Crippen LogP contribution in [-0.2, 0) is 4.79 Å². The van der Waals surface area contributed by atoms with Crippen LogP contribution in [0.3, 0.4) is 0 Å². The van der Waals surface area contributed by atoms with Crippen molar-refractivity contribution in [3.63, 3.8) is 0 Å². The summed E-state index contributed by atoms with van der Waals surface area (Å²) in [4.78, 5) is 17.0. The maximum Gasteiger partial charge on any atom is 0.229 e. The molecule has 0 bridgehead atoms. The number of halogens is 1. The molecule has 9 heteroatoms. The van der Waals surface area contributed by atoms with Gasteiger partial charge in [-0.25, -0.2) is 0 Å². The molecule has 1 heterocycles. The third-order valence-corrected chi connectivity index (χ3v) is 6.71. The van der Waals surface area contributed by atoms with E-state index in [0.29, 0.717) is 39.2 Å². The molecule has 1 amide bonds. The standard InChI is InChI=1S/C28H24ClN3O4S/c1-34-25-14-20-22(15-26(25)35-2)30-11-10-23(20)36-24-9-8-17(12-21(24)29)31-28(37)32-27(33)19-13-18(19)16-6-4-3-5-7-16/h3-12,14-15,18-19H,13H2,1-2H3,(H2,31,32,33,37)/t18-,19?/m1/s1. The second-order valence-electron chi connectivity index (χ2n) is 8.58. The van der Waals surface area contributed by atoms with E-state index in [1.54, 1.807) is 50.7 Å². The maximum absolute atomic E-state index is 12.6. The van der Waals surface area contributed by atoms with Gasteiger partial charge >= 0.3 is 0 Å². The first kappa shape index (κ1) is 24.8. The highest BCUT2D eigenvalue weighted by molar-refractivity contribution is 7.80. The molecule has 1 aliphatic carbocycles. The Morgan fingerprint density at radius 1 is 0.973 bits per heavy atom. The molecule has 1 aromatic heterocycles. The van der Waals surface area contributed by atoms with Crippen molar-refractivity contribution in [1.29, 1.82) is 0 Å². The van der Waals surface area contributed by atoms with E-state index in [1.165, 1.54) is 5.56 Å². The van der Waals surface area contributed by atoms with E-state index in [-0.39, 0.29) is 22.9 Å². The maximum atomic E-state index is 12.6. The summed E-state index contributed by atoms with van der Waals surface area (Å²) in [7, 11) is 3.15. The molecule has 1 saturated carbocycles. The van der Waals surface area contributed by atoms with Crippen LogP contribution in [0.2, 0.25) is 5.02 Å². The van der Waals surface area contributed by atoms with Crippen molar-refractivity contribution in [2.45, 2.75) is 12.3 Å². The Balaban J connectivity index is 1.24. The van der Waals surface area contributed by atoms with E-state index >= 15 is 0 Å². The number of anilines is 1. The summed E-state index contributed by atoms with van der Waals surface area (Å²) in [6, 6.07) is 20.6. The normalized spacial score (nSPS) is 16.1. The van der Waals surface area contributed by atoms with Crippen LogP contribution in [0.15, 0.2) is 72.9 Å². The van der Waals surface area contributed by atoms with Gasteiger partial charge in [0.25, 0.3) is 0 Å². The lowest BCUT2D eigenvalue weighted by Crippen LogP contribution is -2.35. The Kier molecular flexibility index (Phi) is 7.12. The molecule has 188 valence electrons. The minimum atomic E-state index is -0.0889. The smallest absolute Gasteiger partial charge is 0.229 e. The minimum Gasteiger partial charge on any atom is -0.493 e. The van der Waals surface area contributed by atoms with E-state index in [1.807, 2.05) is 36.4 Å². The summed E-state index contributed by atoms with van der Waals surface area (Å²) in [6.07, 6.45) is 2.47. The number of ether oxygens (including phenoxy) is 3. The summed E-state index contributed by atoms with van der Waals surface area (Å²) in [5.74, 6) is 2.23. The number of pyridine rings is 1. The lowest BCUT2D eigenvalue weighted by molar-refractivity contribution is -0.120. The zero-order chi connectivity index (χ0) is 25.9. The number of carbonyl (C=O) groups is 1. The summed E-state index contributed by atoms with van der Waals surface area (Å²) < 4.78 is 16.9. The number of thiocarbonyl (C=S) groups is 1. The highest BCUT2D eigenvalue weighted by atomic mass is 35.5. The summed E-state index contributed by atoms with van der Waals surface area (Å²) >= 11 is 11.9. The predicted molar refractivity (Wildman–Crippen MR) is 148 cm³/mol. The molecule has 5 rings (SSSR count). The second kappa shape index (κ2) is 10.6. The molecule has 1 fully saturated rings. The molecule has 0 saturated heterocycles. The summed E-state index contributed by atoms with van der Waals surface area (Å²) in [5.41, 5.74) is 2.49. The number of rotatable bonds is 7. The molecule has 3 aromatic carbocycles. The van der Waals surface area contributed by atoms with E-state index < -0.39 is 0 Å². The van der Waals surface area contributed by atoms with Crippen LogP contribution in [0.25, 0.3) is 10.9 Å². The van der Waals surface area contributed by atoms with Gasteiger partial charge in [-0.3, -0.25) is 9.78 Å². The lowest BCUT2D eigenvalue weighted by atomic mass is 10.1. The molecule has 1 unspecified atom stereocenters. The van der Waals surface area contributed by atoms with Crippen molar-refractivity contribution in [1.82, 2.24) is 10.3 Å². The molecular weight excluding hydrogens is 510 g/mol. The van der Waals surface area contributed by atoms with Gasteiger partial charge in [-0.1, -0.05) is 41.9 Å². The van der Waals surface area contributed by atoms with Gasteiger partial charge in [-0.2, -0.15) is 0 Å². The third-order valence-electron chi connectivity index (χ3n) is 6.21. The lowest BCUT2D eigenvalue weighted by Gasteiger charge is -2.14. The van der Waals surface area contributed by atoms with Gasteiger partial charge in [-0.05, 0) is 60.5 Å². The molecule has 37 heavy (non-hydrogen) atoms. The Bertz CT molecular complexity index is 1480. The SMILES string of the molecule is COc1cc2nccc(Oc3ccc(NC(=S)NC(=O)C4C[C@@H]4c4ccccc4)cc3Cl)c2cc1OC. The molecule has 1 aliphatic rings. The number of benzene rings is 3. The molecule has 4 aromatic rings. The van der Waals surface area contributed by atoms with Crippen LogP contribution in [0.5, 0.6) is 23.0 Å². The monoisotopic (exact) mass is 533 g/mol. The zero-order valence-electron chi connectivity index (χ0n) is 20.2. The fourth-order valence-electron chi connectivity index (χ4n) is 4.24. The van der Waals surface area contributed by atoms with Gasteiger partial charge in [0, 0.05) is 29.3 Å². The minimum absolute atomic E-state index is 0.0738. The van der Waals surface area contributed by atoms with E-state index in [9.17, 15) is 4.79 Å². The number of amides is 1. The van der Waals surface area contributed by atoms with Gasteiger partial charge in [-0.15, -0.1) is 0 Å². The van der Waals surface area contributed by atoms with Crippen molar-refractivity contribution in [2.24, 2.45) is 5.92 Å². The number of carbonyl (C=O) groups excluding carboxylic acids is 1. The number of nitrogens with zero attached hydrogens (tertiary/aromatic N) is 1. The average molecular weight is 534 g/mol. The summed E-state index contributed by atoms with van der Waals surface area (Å²) in [6.45, 7) is 0. The number of aromatic nitrogens is 1. The van der Waals surface area contributed by atoms with Crippen LogP contribution in [0.1, 0.15) is 17.9 Å². The fraction of sp³-hybridized carbons (Fsp3) is 0.179. The zero-order valence-corrected chi connectivity index (χ0v) is 21.7. The molecule has 7 nitrogen and oxygen atoms in total. The number of nitrogens with one attached hydrogen (secondary N) is 2. The third kappa shape index (κ3) is 5.45. The van der Waals surface area contributed by atoms with Crippen molar-refractivity contribution in [2.75, 3.05) is 19.5 Å². The molecule has 0 aliphatic heterocycles. The van der Waals surface area contributed by atoms with Crippen LogP contribution in [-0.4, -0.2) is 30.2 Å². The molecule has 2 atom stereocenters. The van der Waals surface area contributed by atoms with Crippen LogP contribution >= 0.6 is 23.8 Å². The van der Waals surface area contributed by atoms with E-state index in [2.05, 4.69) is 15.6 Å². The number of hydrogen-bond acceptors (Lipinski definition) is 6. The van der Waals surface area contributed by atoms with Crippen molar-refractivity contribution >= 4 is 51.4 Å². The molecular formula is C28H24ClN3O4S. The van der Waals surface area contributed by atoms with Gasteiger partial charge in [0.2, 0.25) is 5.91 Å². The Morgan fingerprint density at radius 2 is 1.73 bits per heavy atom. The van der Waals surface area contributed by atoms with E-state index in [0.717, 1.165) is 11.8 Å². The van der Waals surface area contributed by atoms with Crippen molar-refractivity contribution < 1.29 is 19.0 Å². The fourth-order valence-corrected chi connectivity index (χ4v) is 4.67. The first-order valence-corrected chi connectivity index (χ1v) is 12.4. The van der Waals surface area contributed by atoms with Crippen molar-refractivity contribution in [3.05, 3.63) is 83.5 Å². The topological polar surface area (TPSA) is 81.7 Å². The highest BCUT2D eigenvalue weighted by Crippen LogP contribution is 2.47. The number of hydrogen-bond donors (Lipinski definition) is 2. The van der Waals surface area contributed by atoms with Crippen LogP contribution < -0.4 is 24.8 Å². The highest BCUT2D eigenvalue weighted by Gasteiger charge is 2.44. The van der Waals surface area contributed by atoms with Crippen LogP contribution in [0, 0.1) is 5.92 Å². The molecule has 0 radical (unpaired) electrons. The van der Waals surface area contributed by atoms with Gasteiger partial charge in [0.15, 0.2) is 16.6 Å². The van der Waals surface area contributed by atoms with E-state index in [4.69, 9.17) is 38.0 Å². The van der Waals surface area contributed by atoms with Gasteiger partial charge < -0.3 is 24.8 Å². The first-order chi connectivity index (χ1) is 18.0. The Labute approximate surface area is 224 Å². The number of fused-ring (bicyclic) bond motifs is 1.